The molecule has 8 nitrogen and oxygen atoms in total. The van der Waals surface area contributed by atoms with E-state index in [1.54, 1.807) is 47.4 Å². The highest BCUT2D eigenvalue weighted by Crippen LogP contribution is 2.07. The Bertz CT molecular complexity index is 612. The second-order valence-electron chi connectivity index (χ2n) is 6.12. The summed E-state index contributed by atoms with van der Waals surface area (Å²) < 4.78 is 5.02. The largest absolute Gasteiger partial charge is 0.383 e. The molecule has 0 heterocycles. The normalized spacial score (nSPS) is 11.0. The Morgan fingerprint density at radius 3 is 2.23 bits per heavy atom. The summed E-state index contributed by atoms with van der Waals surface area (Å²) >= 11 is 0. The highest BCUT2D eigenvalue weighted by Gasteiger charge is 2.08. The maximum absolute atomic E-state index is 11.9. The van der Waals surface area contributed by atoms with E-state index in [9.17, 15) is 9.59 Å². The van der Waals surface area contributed by atoms with Crippen LogP contribution in [-0.4, -0.2) is 82.6 Å². The van der Waals surface area contributed by atoms with Crippen LogP contribution in [0.5, 0.6) is 0 Å². The van der Waals surface area contributed by atoms with Gasteiger partial charge < -0.3 is 25.2 Å². The van der Waals surface area contributed by atoms with Crippen molar-refractivity contribution in [1.82, 2.24) is 20.4 Å². The molecule has 8 heteroatoms. The fraction of sp³-hybridized carbons (Fsp3) is 0.500. The number of carbonyl (C=O) groups is 2. The summed E-state index contributed by atoms with van der Waals surface area (Å²) in [6.07, 6.45) is 0. The summed E-state index contributed by atoms with van der Waals surface area (Å²) in [5.74, 6) is 0.453. The predicted molar refractivity (Wildman–Crippen MR) is 102 cm³/mol. The van der Waals surface area contributed by atoms with Crippen molar-refractivity contribution < 1.29 is 14.3 Å². The maximum atomic E-state index is 11.9. The molecule has 1 rings (SSSR count). The number of hydrogen-bond acceptors (Lipinski definition) is 4. The van der Waals surface area contributed by atoms with Gasteiger partial charge in [0.25, 0.3) is 5.91 Å². The molecule has 144 valence electrons. The Balaban J connectivity index is 2.71. The van der Waals surface area contributed by atoms with Gasteiger partial charge in [-0.05, 0) is 17.7 Å². The lowest BCUT2D eigenvalue weighted by molar-refractivity contribution is -0.127. The zero-order valence-corrected chi connectivity index (χ0v) is 16.2. The number of amides is 2. The summed E-state index contributed by atoms with van der Waals surface area (Å²) in [5.41, 5.74) is 1.60. The van der Waals surface area contributed by atoms with Gasteiger partial charge in [0.2, 0.25) is 5.91 Å². The first-order valence-corrected chi connectivity index (χ1v) is 8.37. The second kappa shape index (κ2) is 11.1. The standard InChI is InChI=1S/C18H29N5O3/c1-22(2)16(24)13-21-18(19-10-11-26-5)20-12-14-6-8-15(9-7-14)17(25)23(3)4/h6-9H,10-13H2,1-5H3,(H2,19,20,21). The van der Waals surface area contributed by atoms with E-state index in [4.69, 9.17) is 4.74 Å². The molecule has 0 aliphatic heterocycles. The average molecular weight is 363 g/mol. The molecule has 0 saturated carbocycles. The van der Waals surface area contributed by atoms with Gasteiger partial charge in [0.05, 0.1) is 19.7 Å². The van der Waals surface area contributed by atoms with Gasteiger partial charge in [0, 0.05) is 47.4 Å². The van der Waals surface area contributed by atoms with E-state index in [2.05, 4.69) is 15.6 Å². The lowest BCUT2D eigenvalue weighted by Gasteiger charge is -2.15. The van der Waals surface area contributed by atoms with Crippen molar-refractivity contribution in [3.8, 4) is 0 Å². The quantitative estimate of drug-likeness (QED) is 0.390. The van der Waals surface area contributed by atoms with Crippen molar-refractivity contribution in [2.24, 2.45) is 4.99 Å². The zero-order valence-electron chi connectivity index (χ0n) is 16.2. The fourth-order valence-corrected chi connectivity index (χ4v) is 1.94. The monoisotopic (exact) mass is 363 g/mol. The molecule has 2 amide bonds. The van der Waals surface area contributed by atoms with E-state index >= 15 is 0 Å². The molecule has 1 aromatic rings. The lowest BCUT2D eigenvalue weighted by atomic mass is 10.1. The molecular formula is C18H29N5O3. The van der Waals surface area contributed by atoms with Crippen molar-refractivity contribution in [1.29, 1.82) is 0 Å². The third-order valence-corrected chi connectivity index (χ3v) is 3.53. The van der Waals surface area contributed by atoms with Gasteiger partial charge in [-0.3, -0.25) is 9.59 Å². The Kier molecular flexibility index (Phi) is 9.14. The van der Waals surface area contributed by atoms with Crippen LogP contribution in [0, 0.1) is 0 Å². The minimum absolute atomic E-state index is 0.0363. The van der Waals surface area contributed by atoms with Crippen molar-refractivity contribution >= 4 is 17.8 Å². The molecule has 0 atom stereocenters. The topological polar surface area (TPSA) is 86.3 Å². The highest BCUT2D eigenvalue weighted by atomic mass is 16.5. The summed E-state index contributed by atoms with van der Waals surface area (Å²) in [4.78, 5) is 31.2. The van der Waals surface area contributed by atoms with Crippen molar-refractivity contribution in [2.75, 3.05) is 55.0 Å². The molecule has 0 bridgehead atoms. The van der Waals surface area contributed by atoms with Crippen LogP contribution in [0.15, 0.2) is 29.3 Å². The number of likely N-dealkylation sites (N-methyl/N-ethyl adjacent to an activating group) is 1. The third kappa shape index (κ3) is 7.52. The first-order chi connectivity index (χ1) is 12.3. The molecule has 0 aliphatic rings. The van der Waals surface area contributed by atoms with Crippen molar-refractivity contribution in [3.63, 3.8) is 0 Å². The van der Waals surface area contributed by atoms with Crippen LogP contribution in [-0.2, 0) is 16.1 Å². The molecule has 0 fully saturated rings. The number of ether oxygens (including phenoxy) is 1. The van der Waals surface area contributed by atoms with E-state index in [1.807, 2.05) is 12.1 Å². The number of nitrogens with one attached hydrogen (secondary N) is 2. The lowest BCUT2D eigenvalue weighted by Crippen LogP contribution is -2.43. The van der Waals surface area contributed by atoms with Gasteiger partial charge in [-0.15, -0.1) is 0 Å². The van der Waals surface area contributed by atoms with Gasteiger partial charge in [-0.2, -0.15) is 0 Å². The van der Waals surface area contributed by atoms with Crippen LogP contribution in [0.3, 0.4) is 0 Å². The second-order valence-corrected chi connectivity index (χ2v) is 6.12. The first-order valence-electron chi connectivity index (χ1n) is 8.37. The molecule has 0 aromatic heterocycles. The molecular weight excluding hydrogens is 334 g/mol. The van der Waals surface area contributed by atoms with Crippen LogP contribution in [0.2, 0.25) is 0 Å². The van der Waals surface area contributed by atoms with Crippen LogP contribution < -0.4 is 10.6 Å². The molecule has 26 heavy (non-hydrogen) atoms. The number of benzene rings is 1. The van der Waals surface area contributed by atoms with Crippen LogP contribution in [0.1, 0.15) is 15.9 Å². The number of carbonyl (C=O) groups excluding carboxylic acids is 2. The molecule has 0 aliphatic carbocycles. The number of hydrogen-bond donors (Lipinski definition) is 2. The van der Waals surface area contributed by atoms with E-state index in [-0.39, 0.29) is 18.4 Å². The van der Waals surface area contributed by atoms with Gasteiger partial charge in [0.15, 0.2) is 5.96 Å². The maximum Gasteiger partial charge on any atom is 0.253 e. The number of nitrogens with zero attached hydrogens (tertiary/aromatic N) is 3. The van der Waals surface area contributed by atoms with E-state index in [1.165, 1.54) is 9.80 Å². The summed E-state index contributed by atoms with van der Waals surface area (Å²) in [7, 11) is 8.47. The van der Waals surface area contributed by atoms with E-state index < -0.39 is 0 Å². The summed E-state index contributed by atoms with van der Waals surface area (Å²) in [5, 5.41) is 6.12. The number of rotatable bonds is 8. The smallest absolute Gasteiger partial charge is 0.253 e. The minimum Gasteiger partial charge on any atom is -0.383 e. The van der Waals surface area contributed by atoms with Crippen LogP contribution >= 0.6 is 0 Å². The van der Waals surface area contributed by atoms with E-state index in [0.29, 0.717) is 31.2 Å². The SMILES string of the molecule is COCCNC(=NCc1ccc(C(=O)N(C)C)cc1)NCC(=O)N(C)C. The van der Waals surface area contributed by atoms with Gasteiger partial charge in [-0.1, -0.05) is 12.1 Å². The molecule has 2 N–H and O–H groups in total. The molecule has 0 unspecified atom stereocenters. The Hall–Kier alpha value is -2.61. The van der Waals surface area contributed by atoms with E-state index in [0.717, 1.165) is 5.56 Å². The average Bonchev–Trinajstić information content (AvgIpc) is 2.62. The zero-order chi connectivity index (χ0) is 19.5. The van der Waals surface area contributed by atoms with Gasteiger partial charge in [0.1, 0.15) is 0 Å². The Labute approximate surface area is 155 Å². The van der Waals surface area contributed by atoms with Crippen LogP contribution in [0.25, 0.3) is 0 Å². The molecule has 0 radical (unpaired) electrons. The van der Waals surface area contributed by atoms with Gasteiger partial charge in [-0.25, -0.2) is 4.99 Å². The number of guanidine groups is 1. The van der Waals surface area contributed by atoms with Crippen molar-refractivity contribution in [3.05, 3.63) is 35.4 Å². The number of aliphatic imine (C=N–C) groups is 1. The fourth-order valence-electron chi connectivity index (χ4n) is 1.94. The molecule has 1 aromatic carbocycles. The Morgan fingerprint density at radius 2 is 1.69 bits per heavy atom. The number of methoxy groups -OCH3 is 1. The van der Waals surface area contributed by atoms with Crippen molar-refractivity contribution in [2.45, 2.75) is 6.54 Å². The summed E-state index contributed by atoms with van der Waals surface area (Å²) in [6.45, 7) is 1.69. The first kappa shape index (κ1) is 21.4. The minimum atomic E-state index is -0.0437. The highest BCUT2D eigenvalue weighted by molar-refractivity contribution is 5.93. The summed E-state index contributed by atoms with van der Waals surface area (Å²) in [6, 6.07) is 7.32. The Morgan fingerprint density at radius 1 is 1.04 bits per heavy atom. The third-order valence-electron chi connectivity index (χ3n) is 3.53. The molecule has 0 spiro atoms. The predicted octanol–water partition coefficient (Wildman–Crippen LogP) is 0.158. The van der Waals surface area contributed by atoms with Crippen LogP contribution in [0.4, 0.5) is 0 Å². The molecule has 0 saturated heterocycles. The van der Waals surface area contributed by atoms with Gasteiger partial charge >= 0.3 is 0 Å².